The third kappa shape index (κ3) is 4.82. The fraction of sp³-hybridized carbons (Fsp3) is 0.318. The first kappa shape index (κ1) is 18.8. The predicted molar refractivity (Wildman–Crippen MR) is 103 cm³/mol. The minimum atomic E-state index is -0.214. The van der Waals surface area contributed by atoms with Crippen molar-refractivity contribution in [1.82, 2.24) is 10.2 Å². The highest BCUT2D eigenvalue weighted by molar-refractivity contribution is 6.21. The van der Waals surface area contributed by atoms with E-state index in [4.69, 9.17) is 0 Å². The first-order valence-electron chi connectivity index (χ1n) is 9.42. The molecule has 1 heterocycles. The van der Waals surface area contributed by atoms with Gasteiger partial charge in [0.15, 0.2) is 0 Å². The number of nitrogens with zero attached hydrogens (tertiary/aromatic N) is 1. The molecule has 3 amide bonds. The molecule has 0 atom stereocenters. The average Bonchev–Trinajstić information content (AvgIpc) is 2.93. The van der Waals surface area contributed by atoms with Crippen LogP contribution in [-0.2, 0) is 11.2 Å². The summed E-state index contributed by atoms with van der Waals surface area (Å²) in [7, 11) is 0. The van der Waals surface area contributed by atoms with Crippen LogP contribution in [-0.4, -0.2) is 35.7 Å². The fourth-order valence-electron chi connectivity index (χ4n) is 3.25. The molecule has 1 aliphatic heterocycles. The van der Waals surface area contributed by atoms with Crippen LogP contribution < -0.4 is 5.32 Å². The Morgan fingerprint density at radius 3 is 2.11 bits per heavy atom. The topological polar surface area (TPSA) is 66.5 Å². The van der Waals surface area contributed by atoms with Crippen molar-refractivity contribution in [2.24, 2.45) is 0 Å². The number of unbranched alkanes of at least 4 members (excludes halogenated alkanes) is 2. The maximum Gasteiger partial charge on any atom is 0.261 e. The summed E-state index contributed by atoms with van der Waals surface area (Å²) in [4.78, 5) is 37.7. The summed E-state index contributed by atoms with van der Waals surface area (Å²) >= 11 is 0. The van der Waals surface area contributed by atoms with E-state index in [1.807, 2.05) is 30.3 Å². The molecule has 0 unspecified atom stereocenters. The van der Waals surface area contributed by atoms with Gasteiger partial charge < -0.3 is 5.32 Å². The highest BCUT2D eigenvalue weighted by atomic mass is 16.2. The van der Waals surface area contributed by atoms with E-state index < -0.39 is 0 Å². The molecule has 0 fully saturated rings. The summed E-state index contributed by atoms with van der Waals surface area (Å²) in [5.74, 6) is -0.379. The molecule has 0 saturated carbocycles. The van der Waals surface area contributed by atoms with Crippen LogP contribution in [0.5, 0.6) is 0 Å². The summed E-state index contributed by atoms with van der Waals surface area (Å²) in [6, 6.07) is 17.0. The second-order valence-corrected chi connectivity index (χ2v) is 6.70. The van der Waals surface area contributed by atoms with E-state index in [-0.39, 0.29) is 17.7 Å². The molecule has 140 valence electrons. The first-order chi connectivity index (χ1) is 13.2. The van der Waals surface area contributed by atoms with Crippen LogP contribution in [0.2, 0.25) is 0 Å². The van der Waals surface area contributed by atoms with Crippen molar-refractivity contribution >= 4 is 17.7 Å². The van der Waals surface area contributed by atoms with E-state index in [1.54, 1.807) is 24.3 Å². The number of imide groups is 1. The monoisotopic (exact) mass is 364 g/mol. The highest BCUT2D eigenvalue weighted by Crippen LogP contribution is 2.22. The van der Waals surface area contributed by atoms with Crippen molar-refractivity contribution in [3.8, 4) is 0 Å². The first-order valence-corrected chi connectivity index (χ1v) is 9.42. The summed E-state index contributed by atoms with van der Waals surface area (Å²) < 4.78 is 0. The number of hydrogen-bond donors (Lipinski definition) is 1. The lowest BCUT2D eigenvalue weighted by molar-refractivity contribution is -0.121. The summed E-state index contributed by atoms with van der Waals surface area (Å²) in [5, 5.41) is 2.93. The molecule has 0 bridgehead atoms. The van der Waals surface area contributed by atoms with Gasteiger partial charge in [0.2, 0.25) is 5.91 Å². The van der Waals surface area contributed by atoms with Crippen LogP contribution in [0, 0.1) is 0 Å². The Morgan fingerprint density at radius 1 is 0.815 bits per heavy atom. The van der Waals surface area contributed by atoms with E-state index in [9.17, 15) is 14.4 Å². The molecular weight excluding hydrogens is 340 g/mol. The van der Waals surface area contributed by atoms with Crippen molar-refractivity contribution in [1.29, 1.82) is 0 Å². The van der Waals surface area contributed by atoms with Gasteiger partial charge in [-0.3, -0.25) is 19.3 Å². The van der Waals surface area contributed by atoms with Crippen molar-refractivity contribution in [2.45, 2.75) is 32.1 Å². The molecule has 1 N–H and O–H groups in total. The van der Waals surface area contributed by atoms with Crippen molar-refractivity contribution < 1.29 is 14.4 Å². The van der Waals surface area contributed by atoms with Crippen molar-refractivity contribution in [2.75, 3.05) is 13.1 Å². The molecule has 1 aliphatic rings. The van der Waals surface area contributed by atoms with Gasteiger partial charge in [-0.25, -0.2) is 0 Å². The van der Waals surface area contributed by atoms with E-state index >= 15 is 0 Å². The average molecular weight is 364 g/mol. The molecule has 0 aliphatic carbocycles. The lowest BCUT2D eigenvalue weighted by Gasteiger charge is -2.13. The van der Waals surface area contributed by atoms with E-state index in [0.717, 1.165) is 19.3 Å². The normalized spacial score (nSPS) is 13.0. The zero-order valence-corrected chi connectivity index (χ0v) is 15.3. The molecule has 5 heteroatoms. The zero-order valence-electron chi connectivity index (χ0n) is 15.3. The third-order valence-electron chi connectivity index (χ3n) is 4.74. The summed E-state index contributed by atoms with van der Waals surface area (Å²) in [5.41, 5.74) is 2.18. The molecule has 27 heavy (non-hydrogen) atoms. The number of amides is 3. The van der Waals surface area contributed by atoms with E-state index in [0.29, 0.717) is 37.1 Å². The predicted octanol–water partition coefficient (Wildman–Crippen LogP) is 3.20. The van der Waals surface area contributed by atoms with Gasteiger partial charge >= 0.3 is 0 Å². The number of carbonyl (C=O) groups is 3. The Hall–Kier alpha value is -2.95. The van der Waals surface area contributed by atoms with Gasteiger partial charge in [0, 0.05) is 19.5 Å². The molecule has 0 spiro atoms. The van der Waals surface area contributed by atoms with Gasteiger partial charge in [0.25, 0.3) is 11.8 Å². The standard InChI is InChI=1S/C22H24N2O3/c25-20(23-15-14-17-9-3-1-4-10-17)13-5-2-8-16-24-21(26)18-11-6-7-12-19(18)22(24)27/h1,3-4,6-7,9-12H,2,5,8,13-16H2,(H,23,25). The quantitative estimate of drug-likeness (QED) is 0.549. The minimum Gasteiger partial charge on any atom is -0.356 e. The van der Waals surface area contributed by atoms with Crippen molar-refractivity contribution in [3.05, 3.63) is 71.3 Å². The van der Waals surface area contributed by atoms with Gasteiger partial charge in [-0.2, -0.15) is 0 Å². The van der Waals surface area contributed by atoms with Gasteiger partial charge in [0.05, 0.1) is 11.1 Å². The van der Waals surface area contributed by atoms with Crippen molar-refractivity contribution in [3.63, 3.8) is 0 Å². The van der Waals surface area contributed by atoms with Gasteiger partial charge in [-0.05, 0) is 37.0 Å². The Kier molecular flexibility index (Phi) is 6.36. The zero-order chi connectivity index (χ0) is 19.1. The molecule has 3 rings (SSSR count). The highest BCUT2D eigenvalue weighted by Gasteiger charge is 2.34. The van der Waals surface area contributed by atoms with E-state index in [1.165, 1.54) is 10.5 Å². The van der Waals surface area contributed by atoms with Gasteiger partial charge in [-0.15, -0.1) is 0 Å². The molecule has 5 nitrogen and oxygen atoms in total. The number of rotatable bonds is 9. The second-order valence-electron chi connectivity index (χ2n) is 6.70. The molecule has 0 saturated heterocycles. The Labute approximate surface area is 159 Å². The smallest absolute Gasteiger partial charge is 0.261 e. The number of hydrogen-bond acceptors (Lipinski definition) is 3. The minimum absolute atomic E-state index is 0.0478. The number of carbonyl (C=O) groups excluding carboxylic acids is 3. The fourth-order valence-corrected chi connectivity index (χ4v) is 3.25. The van der Waals surface area contributed by atoms with Crippen LogP contribution >= 0.6 is 0 Å². The molecule has 0 aromatic heterocycles. The van der Waals surface area contributed by atoms with Crippen LogP contribution in [0.1, 0.15) is 52.0 Å². The SMILES string of the molecule is O=C(CCCCCN1C(=O)c2ccccc2C1=O)NCCc1ccccc1. The number of fused-ring (bicyclic) bond motifs is 1. The van der Waals surface area contributed by atoms with Crippen LogP contribution in [0.15, 0.2) is 54.6 Å². The lowest BCUT2D eigenvalue weighted by Crippen LogP contribution is -2.30. The molecular formula is C22H24N2O3. The second kappa shape index (κ2) is 9.12. The molecule has 2 aromatic carbocycles. The largest absolute Gasteiger partial charge is 0.356 e. The van der Waals surface area contributed by atoms with E-state index in [2.05, 4.69) is 5.32 Å². The number of nitrogens with one attached hydrogen (secondary N) is 1. The van der Waals surface area contributed by atoms with Crippen LogP contribution in [0.25, 0.3) is 0 Å². The summed E-state index contributed by atoms with van der Waals surface area (Å²) in [6.45, 7) is 1.04. The Balaban J connectivity index is 1.30. The van der Waals surface area contributed by atoms with Gasteiger partial charge in [-0.1, -0.05) is 48.9 Å². The van der Waals surface area contributed by atoms with Gasteiger partial charge in [0.1, 0.15) is 0 Å². The Bertz CT molecular complexity index is 782. The van der Waals surface area contributed by atoms with Crippen LogP contribution in [0.4, 0.5) is 0 Å². The molecule has 0 radical (unpaired) electrons. The maximum atomic E-state index is 12.3. The molecule has 2 aromatic rings. The Morgan fingerprint density at radius 2 is 1.44 bits per heavy atom. The lowest BCUT2D eigenvalue weighted by atomic mass is 10.1. The summed E-state index contributed by atoms with van der Waals surface area (Å²) in [6.07, 6.45) is 3.56. The van der Waals surface area contributed by atoms with Crippen LogP contribution in [0.3, 0.4) is 0 Å². The number of benzene rings is 2. The maximum absolute atomic E-state index is 12.3. The third-order valence-corrected chi connectivity index (χ3v) is 4.74.